The lowest BCUT2D eigenvalue weighted by molar-refractivity contribution is -0.141. The Bertz CT molecular complexity index is 1000. The molecule has 3 atom stereocenters. The van der Waals surface area contributed by atoms with Crippen molar-refractivity contribution >= 4 is 17.8 Å². The molecule has 0 spiro atoms. The number of pyridine rings is 1. The second-order valence-corrected chi connectivity index (χ2v) is 8.76. The van der Waals surface area contributed by atoms with Crippen LogP contribution in [-0.2, 0) is 16.0 Å². The van der Waals surface area contributed by atoms with Crippen molar-refractivity contribution < 1.29 is 33.4 Å². The van der Waals surface area contributed by atoms with Gasteiger partial charge < -0.3 is 26.6 Å². The third-order valence-corrected chi connectivity index (χ3v) is 5.42. The zero-order chi connectivity index (χ0) is 28.0. The number of rotatable bonds is 13. The molecule has 0 aliphatic heterocycles. The number of carbonyl (C=O) groups is 3. The Morgan fingerprint density at radius 1 is 1.11 bits per heavy atom. The van der Waals surface area contributed by atoms with Crippen molar-refractivity contribution in [1.82, 2.24) is 15.6 Å². The number of hydrogen-bond acceptors (Lipinski definition) is 6. The maximum atomic E-state index is 12.9. The summed E-state index contributed by atoms with van der Waals surface area (Å²) in [4.78, 5) is 37.4. The summed E-state index contributed by atoms with van der Waals surface area (Å²) >= 11 is 0. The first-order valence-electron chi connectivity index (χ1n) is 12.0. The molecule has 0 saturated carbocycles. The van der Waals surface area contributed by atoms with Crippen LogP contribution in [-0.4, -0.2) is 58.2 Å². The number of primary amides is 1. The molecule has 2 rings (SSSR count). The van der Waals surface area contributed by atoms with Crippen LogP contribution in [0, 0.1) is 11.6 Å². The normalized spacial score (nSPS) is 13.0. The number of halogens is 2. The highest BCUT2D eigenvalue weighted by atomic mass is 19.1. The van der Waals surface area contributed by atoms with Crippen molar-refractivity contribution in [3.63, 3.8) is 0 Å². The van der Waals surface area contributed by atoms with E-state index in [4.69, 9.17) is 15.9 Å². The monoisotopic (exact) mass is 522 g/mol. The minimum absolute atomic E-state index is 0.146. The molecule has 0 bridgehead atoms. The van der Waals surface area contributed by atoms with Gasteiger partial charge in [0.1, 0.15) is 23.4 Å². The van der Waals surface area contributed by atoms with Crippen molar-refractivity contribution in [2.45, 2.75) is 64.5 Å². The number of carboxylic acids is 1. The number of aromatic nitrogens is 1. The Hall–Kier alpha value is -3.44. The molecular formula is C26H36F2N4O5. The molecule has 37 heavy (non-hydrogen) atoms. The molecule has 204 valence electrons. The zero-order valence-corrected chi connectivity index (χ0v) is 21.3. The minimum atomic E-state index is -1.12. The molecule has 6 N–H and O–H groups in total. The number of nitrogens with one attached hydrogen (secondary N) is 2. The summed E-state index contributed by atoms with van der Waals surface area (Å²) in [6.45, 7) is 6.74. The Balaban J connectivity index is 0.000000371. The number of nitrogens with two attached hydrogens (primary N) is 1. The van der Waals surface area contributed by atoms with Gasteiger partial charge in [-0.25, -0.2) is 13.6 Å². The van der Waals surface area contributed by atoms with E-state index in [1.165, 1.54) is 0 Å². The fourth-order valence-electron chi connectivity index (χ4n) is 3.59. The van der Waals surface area contributed by atoms with E-state index in [0.29, 0.717) is 37.4 Å². The SMILES string of the molecule is CC(CC(C)c1ccc(C(N)=O)nc1)NCCO.CCCC(NC(=O)Cc1cc(F)cc(F)c1)C(=O)O. The molecule has 11 heteroatoms. The largest absolute Gasteiger partial charge is 0.480 e. The summed E-state index contributed by atoms with van der Waals surface area (Å²) in [5, 5.41) is 23.1. The van der Waals surface area contributed by atoms with Gasteiger partial charge in [-0.2, -0.15) is 0 Å². The zero-order valence-electron chi connectivity index (χ0n) is 21.3. The fraction of sp³-hybridized carbons (Fsp3) is 0.462. The number of benzene rings is 1. The average molecular weight is 523 g/mol. The standard InChI is InChI=1S/C13H15F2NO3.C13H21N3O2/c1-2-3-11(13(18)19)16-12(17)6-8-4-9(14)7-10(15)5-8;1-9(7-10(2)15-5-6-17)11-3-4-12(13(14)18)16-8-11/h4-5,7,11H,2-3,6H2,1H3,(H,16,17)(H,18,19);3-4,8-10,15,17H,5-7H2,1-2H3,(H2,14,18). The summed E-state index contributed by atoms with van der Waals surface area (Å²) in [5.41, 5.74) is 6.67. The van der Waals surface area contributed by atoms with Crippen LogP contribution in [0.4, 0.5) is 8.78 Å². The van der Waals surface area contributed by atoms with E-state index in [1.807, 2.05) is 6.07 Å². The molecule has 9 nitrogen and oxygen atoms in total. The van der Waals surface area contributed by atoms with Gasteiger partial charge in [-0.15, -0.1) is 0 Å². The van der Waals surface area contributed by atoms with Crippen molar-refractivity contribution in [3.8, 4) is 0 Å². The van der Waals surface area contributed by atoms with Crippen molar-refractivity contribution in [3.05, 3.63) is 65.0 Å². The molecule has 1 heterocycles. The van der Waals surface area contributed by atoms with Gasteiger partial charge in [0.15, 0.2) is 0 Å². The van der Waals surface area contributed by atoms with Crippen molar-refractivity contribution in [2.24, 2.45) is 5.73 Å². The summed E-state index contributed by atoms with van der Waals surface area (Å²) in [6.07, 6.45) is 3.29. The number of amides is 2. The van der Waals surface area contributed by atoms with Gasteiger partial charge in [-0.3, -0.25) is 14.6 Å². The van der Waals surface area contributed by atoms with Gasteiger partial charge in [0, 0.05) is 24.8 Å². The predicted molar refractivity (Wildman–Crippen MR) is 135 cm³/mol. The smallest absolute Gasteiger partial charge is 0.326 e. The van der Waals surface area contributed by atoms with E-state index in [1.54, 1.807) is 19.2 Å². The summed E-state index contributed by atoms with van der Waals surface area (Å²) < 4.78 is 25.8. The number of aliphatic hydroxyl groups excluding tert-OH is 1. The van der Waals surface area contributed by atoms with Gasteiger partial charge in [0.05, 0.1) is 13.0 Å². The molecule has 0 aliphatic rings. The van der Waals surface area contributed by atoms with E-state index < -0.39 is 35.5 Å². The summed E-state index contributed by atoms with van der Waals surface area (Å²) in [7, 11) is 0. The van der Waals surface area contributed by atoms with Crippen LogP contribution in [0.5, 0.6) is 0 Å². The third kappa shape index (κ3) is 12.4. The van der Waals surface area contributed by atoms with Crippen LogP contribution in [0.25, 0.3) is 0 Å². The van der Waals surface area contributed by atoms with Crippen molar-refractivity contribution in [2.75, 3.05) is 13.2 Å². The van der Waals surface area contributed by atoms with Crippen LogP contribution in [0.1, 0.15) is 67.6 Å². The Morgan fingerprint density at radius 3 is 2.24 bits per heavy atom. The minimum Gasteiger partial charge on any atom is -0.480 e. The topological polar surface area (TPSA) is 155 Å². The first-order chi connectivity index (χ1) is 17.5. The number of hydrogen-bond donors (Lipinski definition) is 5. The fourth-order valence-corrected chi connectivity index (χ4v) is 3.59. The first-order valence-corrected chi connectivity index (χ1v) is 12.0. The molecule has 0 aliphatic carbocycles. The number of aliphatic carboxylic acids is 1. The van der Waals surface area contributed by atoms with Gasteiger partial charge in [0.25, 0.3) is 5.91 Å². The molecule has 2 amide bonds. The second-order valence-electron chi connectivity index (χ2n) is 8.76. The highest BCUT2D eigenvalue weighted by Gasteiger charge is 2.19. The number of carbonyl (C=O) groups excluding carboxylic acids is 2. The van der Waals surface area contributed by atoms with E-state index in [2.05, 4.69) is 29.5 Å². The van der Waals surface area contributed by atoms with E-state index in [9.17, 15) is 23.2 Å². The molecule has 3 unspecified atom stereocenters. The van der Waals surface area contributed by atoms with Gasteiger partial charge in [-0.1, -0.05) is 26.3 Å². The van der Waals surface area contributed by atoms with Gasteiger partial charge >= 0.3 is 5.97 Å². The van der Waals surface area contributed by atoms with Gasteiger partial charge in [0.2, 0.25) is 5.91 Å². The average Bonchev–Trinajstić information content (AvgIpc) is 2.82. The molecule has 0 saturated heterocycles. The molecular weight excluding hydrogens is 486 g/mol. The Labute approximate surface area is 215 Å². The van der Waals surface area contributed by atoms with E-state index in [-0.39, 0.29) is 24.3 Å². The predicted octanol–water partition coefficient (Wildman–Crippen LogP) is 2.52. The van der Waals surface area contributed by atoms with Crippen molar-refractivity contribution in [1.29, 1.82) is 0 Å². The second kappa shape index (κ2) is 16.3. The lowest BCUT2D eigenvalue weighted by Crippen LogP contribution is -2.41. The van der Waals surface area contributed by atoms with Crippen LogP contribution in [0.15, 0.2) is 36.5 Å². The van der Waals surface area contributed by atoms with Crippen LogP contribution in [0.2, 0.25) is 0 Å². The van der Waals surface area contributed by atoms with E-state index in [0.717, 1.165) is 24.1 Å². The first kappa shape index (κ1) is 31.6. The van der Waals surface area contributed by atoms with Gasteiger partial charge in [-0.05, 0) is 55.0 Å². The molecule has 0 fully saturated rings. The summed E-state index contributed by atoms with van der Waals surface area (Å²) in [6, 6.07) is 5.67. The van der Waals surface area contributed by atoms with Crippen LogP contribution < -0.4 is 16.4 Å². The molecule has 2 aromatic rings. The number of aliphatic hydroxyl groups is 1. The number of carboxylic acid groups (broad SMARTS) is 1. The maximum absolute atomic E-state index is 12.9. The maximum Gasteiger partial charge on any atom is 0.326 e. The van der Waals surface area contributed by atoms with E-state index >= 15 is 0 Å². The molecule has 1 aromatic carbocycles. The number of nitrogens with zero attached hydrogens (tertiary/aromatic N) is 1. The molecule has 1 aromatic heterocycles. The quantitative estimate of drug-likeness (QED) is 0.271. The molecule has 0 radical (unpaired) electrons. The van der Waals surface area contributed by atoms with Crippen LogP contribution >= 0.6 is 0 Å². The Kier molecular flexibility index (Phi) is 13.9. The van der Waals surface area contributed by atoms with Crippen LogP contribution in [0.3, 0.4) is 0 Å². The Morgan fingerprint density at radius 2 is 1.76 bits per heavy atom. The summed E-state index contributed by atoms with van der Waals surface area (Å²) in [5.74, 6) is -3.42. The lowest BCUT2D eigenvalue weighted by atomic mass is 9.95. The highest BCUT2D eigenvalue weighted by molar-refractivity contribution is 5.90. The highest BCUT2D eigenvalue weighted by Crippen LogP contribution is 2.20. The lowest BCUT2D eigenvalue weighted by Gasteiger charge is -2.18. The third-order valence-electron chi connectivity index (χ3n) is 5.42.